The predicted molar refractivity (Wildman–Crippen MR) is 78.8 cm³/mol. The molecule has 2 aromatic carbocycles. The number of nitrogens with two attached hydrogens (primary N) is 1. The summed E-state index contributed by atoms with van der Waals surface area (Å²) in [5.74, 6) is 1.22. The number of ether oxygens (including phenoxy) is 1. The van der Waals surface area contributed by atoms with E-state index in [4.69, 9.17) is 10.5 Å². The van der Waals surface area contributed by atoms with Crippen LogP contribution in [-0.2, 0) is 10.8 Å². The van der Waals surface area contributed by atoms with Gasteiger partial charge in [-0.1, -0.05) is 30.3 Å². The average molecular weight is 275 g/mol. The monoisotopic (exact) mass is 275 g/mol. The first-order chi connectivity index (χ1) is 9.18. The SMILES string of the molecule is Cc1cccc(S(=O)CCOc2ccccc2)c1N. The lowest BCUT2D eigenvalue weighted by molar-refractivity contribution is 0.342. The summed E-state index contributed by atoms with van der Waals surface area (Å²) in [7, 11) is -1.13. The van der Waals surface area contributed by atoms with Crippen molar-refractivity contribution in [2.45, 2.75) is 11.8 Å². The number of hydrogen-bond acceptors (Lipinski definition) is 3. The Labute approximate surface area is 115 Å². The van der Waals surface area contributed by atoms with Gasteiger partial charge in [-0.3, -0.25) is 4.21 Å². The second-order valence-electron chi connectivity index (χ2n) is 4.20. The molecule has 0 radical (unpaired) electrons. The molecule has 3 nitrogen and oxygen atoms in total. The number of hydrogen-bond donors (Lipinski definition) is 1. The standard InChI is InChI=1S/C15H17NO2S/c1-12-6-5-9-14(15(12)16)19(17)11-10-18-13-7-3-2-4-8-13/h2-9H,10-11,16H2,1H3. The molecular weight excluding hydrogens is 258 g/mol. The molecule has 0 saturated heterocycles. The Morgan fingerprint density at radius 2 is 1.84 bits per heavy atom. The minimum absolute atomic E-state index is 0.407. The third-order valence-corrected chi connectivity index (χ3v) is 4.19. The Hall–Kier alpha value is -1.81. The summed E-state index contributed by atoms with van der Waals surface area (Å²) >= 11 is 0. The second kappa shape index (κ2) is 6.38. The van der Waals surface area contributed by atoms with Gasteiger partial charge in [0.1, 0.15) is 12.4 Å². The zero-order valence-electron chi connectivity index (χ0n) is 10.8. The van der Waals surface area contributed by atoms with Gasteiger partial charge in [-0.15, -0.1) is 0 Å². The van der Waals surface area contributed by atoms with Gasteiger partial charge in [0.2, 0.25) is 0 Å². The van der Waals surface area contributed by atoms with Crippen LogP contribution in [0.25, 0.3) is 0 Å². The number of benzene rings is 2. The zero-order chi connectivity index (χ0) is 13.7. The quantitative estimate of drug-likeness (QED) is 0.854. The minimum atomic E-state index is -1.13. The lowest BCUT2D eigenvalue weighted by Crippen LogP contribution is -2.10. The summed E-state index contributed by atoms with van der Waals surface area (Å²) in [6.07, 6.45) is 0. The Kier molecular flexibility index (Phi) is 4.58. The first-order valence-electron chi connectivity index (χ1n) is 6.10. The zero-order valence-corrected chi connectivity index (χ0v) is 11.7. The molecule has 0 bridgehead atoms. The Morgan fingerprint density at radius 3 is 2.58 bits per heavy atom. The van der Waals surface area contributed by atoms with Crippen LogP contribution in [0.15, 0.2) is 53.4 Å². The molecule has 1 atom stereocenters. The van der Waals surface area contributed by atoms with Crippen molar-refractivity contribution in [1.29, 1.82) is 0 Å². The van der Waals surface area contributed by atoms with Gasteiger partial charge in [-0.05, 0) is 30.7 Å². The summed E-state index contributed by atoms with van der Waals surface area (Å²) in [5, 5.41) is 0. The molecule has 0 aliphatic heterocycles. The van der Waals surface area contributed by atoms with E-state index < -0.39 is 10.8 Å². The highest BCUT2D eigenvalue weighted by Gasteiger charge is 2.09. The first-order valence-corrected chi connectivity index (χ1v) is 7.41. The fraction of sp³-hybridized carbons (Fsp3) is 0.200. The van der Waals surface area contributed by atoms with E-state index in [0.29, 0.717) is 22.9 Å². The summed E-state index contributed by atoms with van der Waals surface area (Å²) in [6.45, 7) is 2.32. The smallest absolute Gasteiger partial charge is 0.119 e. The molecule has 0 aliphatic carbocycles. The van der Waals surface area contributed by atoms with Crippen molar-refractivity contribution in [3.63, 3.8) is 0 Å². The van der Waals surface area contributed by atoms with E-state index in [1.54, 1.807) is 6.07 Å². The molecule has 0 aromatic heterocycles. The van der Waals surface area contributed by atoms with Crippen molar-refractivity contribution in [2.24, 2.45) is 0 Å². The van der Waals surface area contributed by atoms with Gasteiger partial charge >= 0.3 is 0 Å². The number of aryl methyl sites for hydroxylation is 1. The Bertz CT molecular complexity index is 570. The molecule has 4 heteroatoms. The van der Waals surface area contributed by atoms with Crippen LogP contribution < -0.4 is 10.5 Å². The summed E-state index contributed by atoms with van der Waals surface area (Å²) in [6, 6.07) is 15.1. The molecule has 0 amide bonds. The molecule has 0 saturated carbocycles. The summed E-state index contributed by atoms with van der Waals surface area (Å²) in [5.41, 5.74) is 7.50. The van der Waals surface area contributed by atoms with Crippen LogP contribution in [-0.4, -0.2) is 16.6 Å². The van der Waals surface area contributed by atoms with Crippen LogP contribution in [0, 0.1) is 6.92 Å². The van der Waals surface area contributed by atoms with E-state index in [2.05, 4.69) is 0 Å². The van der Waals surface area contributed by atoms with Gasteiger partial charge in [-0.25, -0.2) is 0 Å². The third kappa shape index (κ3) is 3.58. The van der Waals surface area contributed by atoms with Gasteiger partial charge in [0.05, 0.1) is 27.1 Å². The Morgan fingerprint density at radius 1 is 1.11 bits per heavy atom. The predicted octanol–water partition coefficient (Wildman–Crippen LogP) is 2.76. The third-order valence-electron chi connectivity index (χ3n) is 2.81. The molecule has 2 rings (SSSR count). The van der Waals surface area contributed by atoms with Gasteiger partial charge in [-0.2, -0.15) is 0 Å². The molecule has 0 heterocycles. The van der Waals surface area contributed by atoms with Crippen LogP contribution in [0.5, 0.6) is 5.75 Å². The fourth-order valence-corrected chi connectivity index (χ4v) is 2.81. The fourth-order valence-electron chi connectivity index (χ4n) is 1.71. The highest BCUT2D eigenvalue weighted by atomic mass is 32.2. The van der Waals surface area contributed by atoms with E-state index in [0.717, 1.165) is 11.3 Å². The maximum Gasteiger partial charge on any atom is 0.119 e. The van der Waals surface area contributed by atoms with E-state index in [1.165, 1.54) is 0 Å². The van der Waals surface area contributed by atoms with Crippen molar-refractivity contribution in [3.8, 4) is 5.75 Å². The van der Waals surface area contributed by atoms with E-state index in [1.807, 2.05) is 49.4 Å². The van der Waals surface area contributed by atoms with Crippen LogP contribution in [0.2, 0.25) is 0 Å². The molecule has 1 unspecified atom stereocenters. The van der Waals surface area contributed by atoms with Gasteiger partial charge in [0.15, 0.2) is 0 Å². The summed E-state index contributed by atoms with van der Waals surface area (Å²) in [4.78, 5) is 0.691. The van der Waals surface area contributed by atoms with Crippen molar-refractivity contribution in [3.05, 3.63) is 54.1 Å². The normalized spacial score (nSPS) is 12.1. The molecule has 19 heavy (non-hydrogen) atoms. The Balaban J connectivity index is 1.93. The molecule has 2 aromatic rings. The van der Waals surface area contributed by atoms with Crippen LogP contribution in [0.3, 0.4) is 0 Å². The maximum atomic E-state index is 12.2. The van der Waals surface area contributed by atoms with E-state index in [-0.39, 0.29) is 0 Å². The van der Waals surface area contributed by atoms with Crippen molar-refractivity contribution in [1.82, 2.24) is 0 Å². The number of anilines is 1. The largest absolute Gasteiger partial charge is 0.493 e. The molecular formula is C15H17NO2S. The minimum Gasteiger partial charge on any atom is -0.493 e. The second-order valence-corrected chi connectivity index (χ2v) is 5.74. The van der Waals surface area contributed by atoms with E-state index >= 15 is 0 Å². The van der Waals surface area contributed by atoms with E-state index in [9.17, 15) is 4.21 Å². The number of para-hydroxylation sites is 2. The van der Waals surface area contributed by atoms with Gasteiger partial charge < -0.3 is 10.5 Å². The van der Waals surface area contributed by atoms with Crippen LogP contribution in [0.1, 0.15) is 5.56 Å². The van der Waals surface area contributed by atoms with Gasteiger partial charge in [0.25, 0.3) is 0 Å². The number of rotatable bonds is 5. The highest BCUT2D eigenvalue weighted by molar-refractivity contribution is 7.85. The number of nitrogen functional groups attached to an aromatic ring is 1. The molecule has 0 aliphatic rings. The molecule has 100 valence electrons. The van der Waals surface area contributed by atoms with Crippen LogP contribution in [0.4, 0.5) is 5.69 Å². The van der Waals surface area contributed by atoms with Gasteiger partial charge in [0, 0.05) is 0 Å². The summed E-state index contributed by atoms with van der Waals surface area (Å²) < 4.78 is 17.7. The lowest BCUT2D eigenvalue weighted by atomic mass is 10.2. The molecule has 2 N–H and O–H groups in total. The first kappa shape index (κ1) is 13.6. The van der Waals surface area contributed by atoms with Crippen LogP contribution >= 0.6 is 0 Å². The average Bonchev–Trinajstić information content (AvgIpc) is 2.43. The lowest BCUT2D eigenvalue weighted by Gasteiger charge is -2.09. The highest BCUT2D eigenvalue weighted by Crippen LogP contribution is 2.20. The van der Waals surface area contributed by atoms with Crippen molar-refractivity contribution < 1.29 is 8.95 Å². The van der Waals surface area contributed by atoms with Crippen molar-refractivity contribution >= 4 is 16.5 Å². The molecule has 0 spiro atoms. The maximum absolute atomic E-state index is 12.2. The molecule has 0 fully saturated rings. The topological polar surface area (TPSA) is 52.3 Å². The van der Waals surface area contributed by atoms with Crippen molar-refractivity contribution in [2.75, 3.05) is 18.1 Å².